The van der Waals surface area contributed by atoms with Crippen LogP contribution in [0, 0.1) is 0 Å². The molecule has 0 unspecified atom stereocenters. The lowest BCUT2D eigenvalue weighted by Gasteiger charge is -2.29. The first-order valence-corrected chi connectivity index (χ1v) is 7.39. The Morgan fingerprint density at radius 3 is 2.56 bits per heavy atom. The molecule has 2 rings (SSSR count). The lowest BCUT2D eigenvalue weighted by Crippen LogP contribution is -2.40. The van der Waals surface area contributed by atoms with E-state index in [1.165, 1.54) is 0 Å². The van der Waals surface area contributed by atoms with Crippen molar-refractivity contribution in [3.8, 4) is 5.75 Å². The SMILES string of the molecule is NC1CCN(CCCOc2ccc(Br)cc2)CC1. The number of hydrogen-bond donors (Lipinski definition) is 1. The Kier molecular flexibility index (Phi) is 5.47. The predicted molar refractivity (Wildman–Crippen MR) is 77.9 cm³/mol. The summed E-state index contributed by atoms with van der Waals surface area (Å²) in [5.74, 6) is 0.943. The zero-order valence-electron chi connectivity index (χ0n) is 10.6. The second-order valence-corrected chi connectivity index (χ2v) is 5.75. The summed E-state index contributed by atoms with van der Waals surface area (Å²) in [7, 11) is 0. The van der Waals surface area contributed by atoms with E-state index in [1.54, 1.807) is 0 Å². The van der Waals surface area contributed by atoms with Crippen LogP contribution in [0.15, 0.2) is 28.7 Å². The van der Waals surface area contributed by atoms with Crippen LogP contribution in [-0.2, 0) is 0 Å². The second-order valence-electron chi connectivity index (χ2n) is 4.84. The first-order chi connectivity index (χ1) is 8.74. The van der Waals surface area contributed by atoms with Crippen molar-refractivity contribution in [3.05, 3.63) is 28.7 Å². The number of rotatable bonds is 5. The Balaban J connectivity index is 1.60. The van der Waals surface area contributed by atoms with Crippen LogP contribution in [0.3, 0.4) is 0 Å². The number of ether oxygens (including phenoxy) is 1. The number of piperidine rings is 1. The Morgan fingerprint density at radius 2 is 1.89 bits per heavy atom. The molecule has 0 amide bonds. The van der Waals surface area contributed by atoms with Gasteiger partial charge in [0, 0.05) is 17.1 Å². The summed E-state index contributed by atoms with van der Waals surface area (Å²) in [6.07, 6.45) is 3.34. The van der Waals surface area contributed by atoms with Crippen molar-refractivity contribution in [1.29, 1.82) is 0 Å². The van der Waals surface area contributed by atoms with Gasteiger partial charge in [-0.05, 0) is 56.6 Å². The van der Waals surface area contributed by atoms with Gasteiger partial charge in [0.15, 0.2) is 0 Å². The molecule has 4 heteroatoms. The van der Waals surface area contributed by atoms with Crippen molar-refractivity contribution in [2.24, 2.45) is 5.73 Å². The van der Waals surface area contributed by atoms with Gasteiger partial charge in [0.1, 0.15) is 5.75 Å². The fraction of sp³-hybridized carbons (Fsp3) is 0.571. The Morgan fingerprint density at radius 1 is 1.22 bits per heavy atom. The van der Waals surface area contributed by atoms with E-state index >= 15 is 0 Å². The molecule has 1 aliphatic heterocycles. The van der Waals surface area contributed by atoms with Crippen LogP contribution in [-0.4, -0.2) is 37.2 Å². The fourth-order valence-corrected chi connectivity index (χ4v) is 2.45. The predicted octanol–water partition coefficient (Wildman–Crippen LogP) is 2.64. The molecule has 100 valence electrons. The van der Waals surface area contributed by atoms with E-state index in [9.17, 15) is 0 Å². The summed E-state index contributed by atoms with van der Waals surface area (Å²) in [5, 5.41) is 0. The van der Waals surface area contributed by atoms with Crippen LogP contribution in [0.5, 0.6) is 5.75 Å². The van der Waals surface area contributed by atoms with E-state index in [0.717, 1.165) is 55.7 Å². The molecule has 1 aliphatic rings. The minimum atomic E-state index is 0.417. The number of hydrogen-bond acceptors (Lipinski definition) is 3. The molecule has 3 nitrogen and oxygen atoms in total. The maximum Gasteiger partial charge on any atom is 0.119 e. The summed E-state index contributed by atoms with van der Waals surface area (Å²) in [4.78, 5) is 2.48. The fourth-order valence-electron chi connectivity index (χ4n) is 2.19. The molecule has 0 aromatic heterocycles. The first kappa shape index (κ1) is 13.8. The Hall–Kier alpha value is -0.580. The Bertz CT molecular complexity index is 347. The van der Waals surface area contributed by atoms with Gasteiger partial charge in [0.2, 0.25) is 0 Å². The van der Waals surface area contributed by atoms with Crippen molar-refractivity contribution < 1.29 is 4.74 Å². The van der Waals surface area contributed by atoms with Gasteiger partial charge in [0.25, 0.3) is 0 Å². The molecule has 1 heterocycles. The monoisotopic (exact) mass is 312 g/mol. The molecule has 1 fully saturated rings. The summed E-state index contributed by atoms with van der Waals surface area (Å²) < 4.78 is 6.78. The smallest absolute Gasteiger partial charge is 0.119 e. The van der Waals surface area contributed by atoms with Crippen LogP contribution in [0.2, 0.25) is 0 Å². The number of likely N-dealkylation sites (tertiary alicyclic amines) is 1. The molecule has 0 aliphatic carbocycles. The van der Waals surface area contributed by atoms with E-state index in [2.05, 4.69) is 20.8 Å². The van der Waals surface area contributed by atoms with E-state index in [4.69, 9.17) is 10.5 Å². The molecule has 0 atom stereocenters. The lowest BCUT2D eigenvalue weighted by atomic mass is 10.1. The molecule has 0 bridgehead atoms. The highest BCUT2D eigenvalue weighted by atomic mass is 79.9. The summed E-state index contributed by atoms with van der Waals surface area (Å²) >= 11 is 3.41. The van der Waals surface area contributed by atoms with Crippen LogP contribution in [0.4, 0.5) is 0 Å². The maximum absolute atomic E-state index is 5.88. The summed E-state index contributed by atoms with van der Waals surface area (Å²) in [6, 6.07) is 8.40. The lowest BCUT2D eigenvalue weighted by molar-refractivity contribution is 0.194. The topological polar surface area (TPSA) is 38.5 Å². The summed E-state index contributed by atoms with van der Waals surface area (Å²) in [5.41, 5.74) is 5.88. The van der Waals surface area contributed by atoms with Crippen molar-refractivity contribution >= 4 is 15.9 Å². The third-order valence-electron chi connectivity index (χ3n) is 3.33. The molecular formula is C14H21BrN2O. The van der Waals surface area contributed by atoms with Crippen molar-refractivity contribution in [3.63, 3.8) is 0 Å². The van der Waals surface area contributed by atoms with Crippen LogP contribution in [0.1, 0.15) is 19.3 Å². The molecule has 1 aromatic rings. The number of nitrogens with zero attached hydrogens (tertiary/aromatic N) is 1. The van der Waals surface area contributed by atoms with Crippen LogP contribution in [0.25, 0.3) is 0 Å². The van der Waals surface area contributed by atoms with E-state index in [-0.39, 0.29) is 0 Å². The van der Waals surface area contributed by atoms with Gasteiger partial charge in [-0.1, -0.05) is 15.9 Å². The second kappa shape index (κ2) is 7.12. The third-order valence-corrected chi connectivity index (χ3v) is 3.86. The average Bonchev–Trinajstić information content (AvgIpc) is 2.39. The molecular weight excluding hydrogens is 292 g/mol. The van der Waals surface area contributed by atoms with Gasteiger partial charge in [-0.25, -0.2) is 0 Å². The minimum absolute atomic E-state index is 0.417. The highest BCUT2D eigenvalue weighted by molar-refractivity contribution is 9.10. The third kappa shape index (κ3) is 4.59. The van der Waals surface area contributed by atoms with Gasteiger partial charge in [-0.15, -0.1) is 0 Å². The molecule has 0 saturated carbocycles. The zero-order chi connectivity index (χ0) is 12.8. The molecule has 18 heavy (non-hydrogen) atoms. The highest BCUT2D eigenvalue weighted by Gasteiger charge is 2.14. The average molecular weight is 313 g/mol. The van der Waals surface area contributed by atoms with Crippen molar-refractivity contribution in [2.75, 3.05) is 26.2 Å². The summed E-state index contributed by atoms with van der Waals surface area (Å²) in [6.45, 7) is 4.17. The van der Waals surface area contributed by atoms with Gasteiger partial charge >= 0.3 is 0 Å². The maximum atomic E-state index is 5.88. The number of halogens is 1. The van der Waals surface area contributed by atoms with Gasteiger partial charge < -0.3 is 15.4 Å². The molecule has 0 spiro atoms. The van der Waals surface area contributed by atoms with Crippen LogP contribution >= 0.6 is 15.9 Å². The molecule has 1 aromatic carbocycles. The Labute approximate surface area is 117 Å². The van der Waals surface area contributed by atoms with Gasteiger partial charge in [0.05, 0.1) is 6.61 Å². The van der Waals surface area contributed by atoms with E-state index in [0.29, 0.717) is 6.04 Å². The van der Waals surface area contributed by atoms with E-state index < -0.39 is 0 Å². The molecule has 0 radical (unpaired) electrons. The largest absolute Gasteiger partial charge is 0.494 e. The quantitative estimate of drug-likeness (QED) is 0.849. The number of benzene rings is 1. The minimum Gasteiger partial charge on any atom is -0.494 e. The highest BCUT2D eigenvalue weighted by Crippen LogP contribution is 2.16. The normalized spacial score (nSPS) is 17.9. The van der Waals surface area contributed by atoms with Gasteiger partial charge in [-0.2, -0.15) is 0 Å². The van der Waals surface area contributed by atoms with Crippen molar-refractivity contribution in [1.82, 2.24) is 4.90 Å². The molecule has 2 N–H and O–H groups in total. The molecule has 1 saturated heterocycles. The zero-order valence-corrected chi connectivity index (χ0v) is 12.2. The first-order valence-electron chi connectivity index (χ1n) is 6.60. The number of nitrogens with two attached hydrogens (primary N) is 1. The van der Waals surface area contributed by atoms with Crippen molar-refractivity contribution in [2.45, 2.75) is 25.3 Å². The standard InChI is InChI=1S/C14H21BrN2O/c15-12-2-4-14(5-3-12)18-11-1-8-17-9-6-13(16)7-10-17/h2-5,13H,1,6-11,16H2. The van der Waals surface area contributed by atoms with Gasteiger partial charge in [-0.3, -0.25) is 0 Å². The van der Waals surface area contributed by atoms with E-state index in [1.807, 2.05) is 24.3 Å². The van der Waals surface area contributed by atoms with Crippen LogP contribution < -0.4 is 10.5 Å².